The van der Waals surface area contributed by atoms with E-state index in [4.69, 9.17) is 23.2 Å². The molecule has 1 rings (SSSR count). The third kappa shape index (κ3) is 3.55. The Balaban J connectivity index is 2.82. The third-order valence-corrected chi connectivity index (χ3v) is 3.14. The standard InChI is InChI=1S/C12H18Cl2N2/c1-15(2)7-8-16(3)12-6-4-5-11(14)10(12)9-13/h4-6H,7-9H2,1-3H3. The zero-order valence-electron chi connectivity index (χ0n) is 10.0. The van der Waals surface area contributed by atoms with Crippen LogP contribution >= 0.6 is 23.2 Å². The molecule has 1 aromatic carbocycles. The highest BCUT2D eigenvalue weighted by Gasteiger charge is 2.09. The van der Waals surface area contributed by atoms with Crippen molar-refractivity contribution in [2.45, 2.75) is 5.88 Å². The minimum Gasteiger partial charge on any atom is -0.373 e. The van der Waals surface area contributed by atoms with Crippen molar-refractivity contribution in [3.8, 4) is 0 Å². The lowest BCUT2D eigenvalue weighted by molar-refractivity contribution is 0.416. The molecular formula is C12H18Cl2N2. The summed E-state index contributed by atoms with van der Waals surface area (Å²) < 4.78 is 0. The summed E-state index contributed by atoms with van der Waals surface area (Å²) in [7, 11) is 6.19. The zero-order valence-corrected chi connectivity index (χ0v) is 11.5. The van der Waals surface area contributed by atoms with Gasteiger partial charge in [-0.05, 0) is 26.2 Å². The monoisotopic (exact) mass is 260 g/mol. The number of alkyl halides is 1. The highest BCUT2D eigenvalue weighted by atomic mass is 35.5. The van der Waals surface area contributed by atoms with E-state index >= 15 is 0 Å². The summed E-state index contributed by atoms with van der Waals surface area (Å²) in [6, 6.07) is 5.89. The van der Waals surface area contributed by atoms with Gasteiger partial charge in [-0.3, -0.25) is 0 Å². The summed E-state index contributed by atoms with van der Waals surface area (Å²) >= 11 is 12.0. The second kappa shape index (κ2) is 6.33. The van der Waals surface area contributed by atoms with Gasteiger partial charge in [0.05, 0.1) is 5.88 Å². The molecule has 1 aromatic rings. The van der Waals surface area contributed by atoms with Crippen LogP contribution < -0.4 is 4.90 Å². The second-order valence-electron chi connectivity index (χ2n) is 4.10. The van der Waals surface area contributed by atoms with Gasteiger partial charge in [0.1, 0.15) is 0 Å². The number of hydrogen-bond donors (Lipinski definition) is 0. The average Bonchev–Trinajstić information content (AvgIpc) is 2.25. The lowest BCUT2D eigenvalue weighted by atomic mass is 10.2. The van der Waals surface area contributed by atoms with E-state index in [-0.39, 0.29) is 0 Å². The largest absolute Gasteiger partial charge is 0.373 e. The van der Waals surface area contributed by atoms with Gasteiger partial charge in [-0.25, -0.2) is 0 Å². The molecule has 0 bridgehead atoms. The first-order valence-corrected chi connectivity index (χ1v) is 6.16. The van der Waals surface area contributed by atoms with Crippen LogP contribution in [0.15, 0.2) is 18.2 Å². The van der Waals surface area contributed by atoms with E-state index < -0.39 is 0 Å². The minimum atomic E-state index is 0.446. The van der Waals surface area contributed by atoms with Crippen LogP contribution in [0.1, 0.15) is 5.56 Å². The van der Waals surface area contributed by atoms with Crippen molar-refractivity contribution in [3.63, 3.8) is 0 Å². The predicted molar refractivity (Wildman–Crippen MR) is 72.8 cm³/mol. The Kier molecular flexibility index (Phi) is 5.39. The van der Waals surface area contributed by atoms with E-state index in [2.05, 4.69) is 37.0 Å². The highest BCUT2D eigenvalue weighted by molar-refractivity contribution is 6.32. The molecule has 0 amide bonds. The summed E-state index contributed by atoms with van der Waals surface area (Å²) in [5.41, 5.74) is 2.12. The molecule has 0 spiro atoms. The molecule has 0 radical (unpaired) electrons. The maximum absolute atomic E-state index is 6.11. The molecule has 0 aromatic heterocycles. The van der Waals surface area contributed by atoms with Crippen molar-refractivity contribution in [2.75, 3.05) is 39.1 Å². The average molecular weight is 261 g/mol. The van der Waals surface area contributed by atoms with Gasteiger partial charge in [0.2, 0.25) is 0 Å². The second-order valence-corrected chi connectivity index (χ2v) is 4.77. The van der Waals surface area contributed by atoms with Gasteiger partial charge in [0.15, 0.2) is 0 Å². The Hall–Kier alpha value is -0.440. The molecular weight excluding hydrogens is 243 g/mol. The first kappa shape index (κ1) is 13.6. The fourth-order valence-electron chi connectivity index (χ4n) is 1.51. The Morgan fingerprint density at radius 3 is 2.38 bits per heavy atom. The summed E-state index contributed by atoms with van der Waals surface area (Å²) in [5, 5.41) is 0.740. The number of anilines is 1. The summed E-state index contributed by atoms with van der Waals surface area (Å²) in [4.78, 5) is 4.34. The molecule has 0 saturated carbocycles. The van der Waals surface area contributed by atoms with Crippen molar-refractivity contribution in [1.29, 1.82) is 0 Å². The Labute approximate surface area is 108 Å². The van der Waals surface area contributed by atoms with Crippen LogP contribution in [0.4, 0.5) is 5.69 Å². The van der Waals surface area contributed by atoms with Gasteiger partial charge in [-0.2, -0.15) is 0 Å². The van der Waals surface area contributed by atoms with Gasteiger partial charge in [0.25, 0.3) is 0 Å². The molecule has 0 aliphatic heterocycles. The van der Waals surface area contributed by atoms with Crippen LogP contribution in [0, 0.1) is 0 Å². The molecule has 4 heteroatoms. The first-order valence-electron chi connectivity index (χ1n) is 5.25. The Bertz CT molecular complexity index is 340. The van der Waals surface area contributed by atoms with Crippen molar-refractivity contribution in [3.05, 3.63) is 28.8 Å². The summed E-state index contributed by atoms with van der Waals surface area (Å²) in [6.45, 7) is 1.96. The lowest BCUT2D eigenvalue weighted by Crippen LogP contribution is -2.29. The van der Waals surface area contributed by atoms with E-state index in [1.54, 1.807) is 0 Å². The fraction of sp³-hybridized carbons (Fsp3) is 0.500. The molecule has 0 unspecified atom stereocenters. The molecule has 0 N–H and O–H groups in total. The molecule has 0 aliphatic carbocycles. The molecule has 90 valence electrons. The van der Waals surface area contributed by atoms with E-state index in [9.17, 15) is 0 Å². The number of rotatable bonds is 5. The van der Waals surface area contributed by atoms with Crippen LogP contribution in [0.2, 0.25) is 5.02 Å². The van der Waals surface area contributed by atoms with Crippen molar-refractivity contribution in [1.82, 2.24) is 4.90 Å². The van der Waals surface area contributed by atoms with E-state index in [1.165, 1.54) is 0 Å². The molecule has 0 atom stereocenters. The Morgan fingerprint density at radius 1 is 1.12 bits per heavy atom. The summed E-state index contributed by atoms with van der Waals surface area (Å²) in [5.74, 6) is 0.446. The topological polar surface area (TPSA) is 6.48 Å². The maximum Gasteiger partial charge on any atom is 0.0509 e. The molecule has 0 aliphatic rings. The van der Waals surface area contributed by atoms with Gasteiger partial charge in [0, 0.05) is 36.4 Å². The molecule has 2 nitrogen and oxygen atoms in total. The van der Waals surface area contributed by atoms with Crippen molar-refractivity contribution >= 4 is 28.9 Å². The fourth-order valence-corrected chi connectivity index (χ4v) is 2.09. The SMILES string of the molecule is CN(C)CCN(C)c1cccc(Cl)c1CCl. The molecule has 0 heterocycles. The van der Waals surface area contributed by atoms with Crippen LogP contribution in [0.5, 0.6) is 0 Å². The smallest absolute Gasteiger partial charge is 0.0509 e. The van der Waals surface area contributed by atoms with E-state index in [0.29, 0.717) is 5.88 Å². The van der Waals surface area contributed by atoms with E-state index in [0.717, 1.165) is 29.4 Å². The van der Waals surface area contributed by atoms with Crippen LogP contribution in [0.3, 0.4) is 0 Å². The van der Waals surface area contributed by atoms with Gasteiger partial charge in [-0.1, -0.05) is 17.7 Å². The third-order valence-electron chi connectivity index (χ3n) is 2.52. The number of halogens is 2. The van der Waals surface area contributed by atoms with Crippen molar-refractivity contribution in [2.24, 2.45) is 0 Å². The quantitative estimate of drug-likeness (QED) is 0.751. The first-order chi connectivity index (χ1) is 7.56. The van der Waals surface area contributed by atoms with Crippen molar-refractivity contribution < 1.29 is 0 Å². The molecule has 0 saturated heterocycles. The van der Waals surface area contributed by atoms with Gasteiger partial charge in [-0.15, -0.1) is 11.6 Å². The van der Waals surface area contributed by atoms with Gasteiger partial charge < -0.3 is 9.80 Å². The van der Waals surface area contributed by atoms with E-state index in [1.807, 2.05) is 12.1 Å². The Morgan fingerprint density at radius 2 is 1.81 bits per heavy atom. The van der Waals surface area contributed by atoms with Crippen LogP contribution in [-0.4, -0.2) is 39.1 Å². The number of benzene rings is 1. The maximum atomic E-state index is 6.11. The zero-order chi connectivity index (χ0) is 12.1. The predicted octanol–water partition coefficient (Wildman–Crippen LogP) is 3.08. The van der Waals surface area contributed by atoms with Crippen LogP contribution in [-0.2, 0) is 5.88 Å². The highest BCUT2D eigenvalue weighted by Crippen LogP contribution is 2.28. The lowest BCUT2D eigenvalue weighted by Gasteiger charge is -2.24. The van der Waals surface area contributed by atoms with Gasteiger partial charge >= 0.3 is 0 Å². The van der Waals surface area contributed by atoms with Crippen LogP contribution in [0.25, 0.3) is 0 Å². The number of hydrogen-bond acceptors (Lipinski definition) is 2. The molecule has 0 fully saturated rings. The minimum absolute atomic E-state index is 0.446. The summed E-state index contributed by atoms with van der Waals surface area (Å²) in [6.07, 6.45) is 0. The number of nitrogens with zero attached hydrogens (tertiary/aromatic N) is 2. The normalized spacial score (nSPS) is 10.9. The molecule has 16 heavy (non-hydrogen) atoms. The number of likely N-dealkylation sites (N-methyl/N-ethyl adjacent to an activating group) is 2.